The zero-order valence-electron chi connectivity index (χ0n) is 19.9. The lowest BCUT2D eigenvalue weighted by molar-refractivity contribution is -0.132. The molecule has 3 aromatic rings. The van der Waals surface area contributed by atoms with Gasteiger partial charge in [0.25, 0.3) is 11.7 Å². The van der Waals surface area contributed by atoms with Gasteiger partial charge in [0.2, 0.25) is 0 Å². The summed E-state index contributed by atoms with van der Waals surface area (Å²) in [6.45, 7) is 5.69. The fraction of sp³-hybridized carbons (Fsp3) is 0.214. The first-order valence-corrected chi connectivity index (χ1v) is 10.9. The summed E-state index contributed by atoms with van der Waals surface area (Å²) in [5.41, 5.74) is 4.40. The highest BCUT2D eigenvalue weighted by Crippen LogP contribution is 2.44. The lowest BCUT2D eigenvalue weighted by Gasteiger charge is -2.27. The number of hydrogen-bond donors (Lipinski definition) is 1. The molecule has 1 N–H and O–H groups in total. The molecule has 1 aliphatic rings. The van der Waals surface area contributed by atoms with Crippen LogP contribution in [0.5, 0.6) is 11.5 Å². The second kappa shape index (κ2) is 9.06. The third kappa shape index (κ3) is 3.92. The largest absolute Gasteiger partial charge is 0.507 e. The number of ketones is 1. The van der Waals surface area contributed by atoms with E-state index < -0.39 is 17.7 Å². The number of methoxy groups -OCH3 is 2. The Bertz CT molecular complexity index is 1320. The molecule has 1 unspecified atom stereocenters. The summed E-state index contributed by atoms with van der Waals surface area (Å²) in [6, 6.07) is 17.2. The average Bonchev–Trinajstić information content (AvgIpc) is 3.09. The van der Waals surface area contributed by atoms with Crippen LogP contribution in [0, 0.1) is 20.8 Å². The number of aliphatic hydroxyl groups excluding tert-OH is 1. The first-order chi connectivity index (χ1) is 16.3. The van der Waals surface area contributed by atoms with Crippen molar-refractivity contribution >= 4 is 23.1 Å². The van der Waals surface area contributed by atoms with Crippen molar-refractivity contribution in [2.75, 3.05) is 19.1 Å². The molecule has 0 saturated carbocycles. The molecule has 0 aliphatic carbocycles. The maximum atomic E-state index is 13.4. The number of Topliss-reactive ketones (excluding diaryl/α,β-unsaturated/α-hetero) is 1. The number of nitrogens with zero attached hydrogens (tertiary/aromatic N) is 1. The van der Waals surface area contributed by atoms with Crippen molar-refractivity contribution in [2.45, 2.75) is 26.8 Å². The summed E-state index contributed by atoms with van der Waals surface area (Å²) >= 11 is 0. The number of amides is 1. The maximum Gasteiger partial charge on any atom is 0.300 e. The summed E-state index contributed by atoms with van der Waals surface area (Å²) < 4.78 is 10.7. The Labute approximate surface area is 199 Å². The van der Waals surface area contributed by atoms with Crippen LogP contribution in [-0.2, 0) is 9.59 Å². The summed E-state index contributed by atoms with van der Waals surface area (Å²) in [7, 11) is 3.12. The average molecular weight is 458 g/mol. The Morgan fingerprint density at radius 3 is 2.21 bits per heavy atom. The van der Waals surface area contributed by atoms with Gasteiger partial charge < -0.3 is 14.6 Å². The lowest BCUT2D eigenvalue weighted by Crippen LogP contribution is -2.30. The smallest absolute Gasteiger partial charge is 0.300 e. The van der Waals surface area contributed by atoms with Crippen molar-refractivity contribution in [2.24, 2.45) is 0 Å². The van der Waals surface area contributed by atoms with Crippen molar-refractivity contribution in [1.82, 2.24) is 0 Å². The molecule has 4 rings (SSSR count). The molecule has 0 bridgehead atoms. The number of carbonyl (C=O) groups excluding carboxylic acids is 2. The lowest BCUT2D eigenvalue weighted by atomic mass is 9.93. The van der Waals surface area contributed by atoms with E-state index >= 15 is 0 Å². The first kappa shape index (κ1) is 23.1. The molecule has 3 aromatic carbocycles. The van der Waals surface area contributed by atoms with Gasteiger partial charge in [0.1, 0.15) is 17.3 Å². The molecule has 1 saturated heterocycles. The predicted octanol–water partition coefficient (Wildman–Crippen LogP) is 5.26. The number of aliphatic hydroxyl groups is 1. The Morgan fingerprint density at radius 2 is 1.56 bits per heavy atom. The van der Waals surface area contributed by atoms with Crippen LogP contribution in [-0.4, -0.2) is 31.0 Å². The van der Waals surface area contributed by atoms with Gasteiger partial charge >= 0.3 is 0 Å². The van der Waals surface area contributed by atoms with Gasteiger partial charge in [-0.3, -0.25) is 14.5 Å². The van der Waals surface area contributed by atoms with E-state index in [0.29, 0.717) is 28.3 Å². The maximum absolute atomic E-state index is 13.4. The minimum absolute atomic E-state index is 0.0338. The van der Waals surface area contributed by atoms with Crippen LogP contribution in [0.1, 0.15) is 33.9 Å². The highest BCUT2D eigenvalue weighted by Gasteiger charge is 2.47. The van der Waals surface area contributed by atoms with E-state index in [1.54, 1.807) is 50.6 Å². The van der Waals surface area contributed by atoms with Crippen LogP contribution in [0.2, 0.25) is 0 Å². The van der Waals surface area contributed by atoms with Crippen molar-refractivity contribution in [1.29, 1.82) is 0 Å². The normalized spacial score (nSPS) is 17.2. The van der Waals surface area contributed by atoms with Crippen molar-refractivity contribution in [3.8, 4) is 11.5 Å². The second-order valence-corrected chi connectivity index (χ2v) is 8.42. The number of ether oxygens (including phenoxy) is 2. The standard InChI is InChI=1S/C28H27NO5/c1-16-9-12-23(18(3)13-16)29-25(19-7-6-8-20(15-19)33-4)24(27(31)28(29)32)26(30)22-11-10-21(34-5)14-17(22)2/h6-15,25,30H,1-5H3/b26-24+. The van der Waals surface area contributed by atoms with Crippen LogP contribution < -0.4 is 14.4 Å². The molecule has 1 atom stereocenters. The van der Waals surface area contributed by atoms with Crippen LogP contribution in [0.4, 0.5) is 5.69 Å². The van der Waals surface area contributed by atoms with E-state index in [0.717, 1.165) is 16.7 Å². The van der Waals surface area contributed by atoms with Crippen LogP contribution in [0.25, 0.3) is 5.76 Å². The zero-order valence-corrected chi connectivity index (χ0v) is 19.9. The van der Waals surface area contributed by atoms with Crippen LogP contribution in [0.15, 0.2) is 66.2 Å². The Balaban J connectivity index is 1.98. The summed E-state index contributed by atoms with van der Waals surface area (Å²) in [6.07, 6.45) is 0. The van der Waals surface area contributed by atoms with E-state index in [1.165, 1.54) is 4.90 Å². The number of hydrogen-bond acceptors (Lipinski definition) is 5. The molecule has 1 aliphatic heterocycles. The molecular formula is C28H27NO5. The molecule has 1 fully saturated rings. The molecule has 6 heteroatoms. The quantitative estimate of drug-likeness (QED) is 0.322. The summed E-state index contributed by atoms with van der Waals surface area (Å²) in [5, 5.41) is 11.4. The molecule has 6 nitrogen and oxygen atoms in total. The van der Waals surface area contributed by atoms with Gasteiger partial charge in [0.15, 0.2) is 0 Å². The fourth-order valence-electron chi connectivity index (χ4n) is 4.46. The topological polar surface area (TPSA) is 76.1 Å². The molecule has 34 heavy (non-hydrogen) atoms. The highest BCUT2D eigenvalue weighted by molar-refractivity contribution is 6.51. The van der Waals surface area contributed by atoms with Gasteiger partial charge in [0.05, 0.1) is 25.8 Å². The summed E-state index contributed by atoms with van der Waals surface area (Å²) in [4.78, 5) is 28.3. The van der Waals surface area contributed by atoms with E-state index in [2.05, 4.69) is 0 Å². The molecule has 0 aromatic heterocycles. The second-order valence-electron chi connectivity index (χ2n) is 8.42. The summed E-state index contributed by atoms with van der Waals surface area (Å²) in [5.74, 6) is -0.426. The zero-order chi connectivity index (χ0) is 24.6. The van der Waals surface area contributed by atoms with Gasteiger partial charge in [-0.05, 0) is 73.9 Å². The highest BCUT2D eigenvalue weighted by atomic mass is 16.5. The van der Waals surface area contributed by atoms with Crippen molar-refractivity contribution < 1.29 is 24.2 Å². The van der Waals surface area contributed by atoms with Gasteiger partial charge in [0, 0.05) is 11.3 Å². The van der Waals surface area contributed by atoms with Crippen molar-refractivity contribution in [3.05, 3.63) is 94.1 Å². The molecule has 1 amide bonds. The number of aryl methyl sites for hydroxylation is 3. The molecule has 1 heterocycles. The van der Waals surface area contributed by atoms with E-state index in [-0.39, 0.29) is 11.3 Å². The van der Waals surface area contributed by atoms with Gasteiger partial charge in [-0.1, -0.05) is 29.8 Å². The predicted molar refractivity (Wildman–Crippen MR) is 131 cm³/mol. The van der Waals surface area contributed by atoms with E-state index in [4.69, 9.17) is 9.47 Å². The number of carbonyl (C=O) groups is 2. The Hall–Kier alpha value is -4.06. The van der Waals surface area contributed by atoms with Crippen molar-refractivity contribution in [3.63, 3.8) is 0 Å². The van der Waals surface area contributed by atoms with Gasteiger partial charge in [-0.15, -0.1) is 0 Å². The molecule has 0 radical (unpaired) electrons. The van der Waals surface area contributed by atoms with Crippen LogP contribution >= 0.6 is 0 Å². The Kier molecular flexibility index (Phi) is 6.16. The first-order valence-electron chi connectivity index (χ1n) is 10.9. The minimum atomic E-state index is -0.821. The number of anilines is 1. The van der Waals surface area contributed by atoms with Gasteiger partial charge in [-0.25, -0.2) is 0 Å². The third-order valence-corrected chi connectivity index (χ3v) is 6.15. The van der Waals surface area contributed by atoms with E-state index in [9.17, 15) is 14.7 Å². The van der Waals surface area contributed by atoms with Crippen LogP contribution in [0.3, 0.4) is 0 Å². The minimum Gasteiger partial charge on any atom is -0.507 e. The Morgan fingerprint density at radius 1 is 0.853 bits per heavy atom. The van der Waals surface area contributed by atoms with Gasteiger partial charge in [-0.2, -0.15) is 0 Å². The number of benzene rings is 3. The SMILES string of the molecule is COc1cccc(C2/C(=C(\O)c3ccc(OC)cc3C)C(=O)C(=O)N2c2ccc(C)cc2C)c1. The number of rotatable bonds is 5. The third-order valence-electron chi connectivity index (χ3n) is 6.15. The van der Waals surface area contributed by atoms with E-state index in [1.807, 2.05) is 45.0 Å². The molecule has 0 spiro atoms. The molecule has 174 valence electrons. The molecular weight excluding hydrogens is 430 g/mol. The fourth-order valence-corrected chi connectivity index (χ4v) is 4.46. The monoisotopic (exact) mass is 457 g/mol.